The summed E-state index contributed by atoms with van der Waals surface area (Å²) >= 11 is 1.78. The van der Waals surface area contributed by atoms with Gasteiger partial charge < -0.3 is 15.5 Å². The third-order valence-corrected chi connectivity index (χ3v) is 5.16. The molecule has 1 aromatic heterocycles. The van der Waals surface area contributed by atoms with Gasteiger partial charge in [0, 0.05) is 42.0 Å². The lowest BCUT2D eigenvalue weighted by atomic mass is 10.1. The van der Waals surface area contributed by atoms with Gasteiger partial charge in [-0.1, -0.05) is 12.1 Å². The molecule has 0 saturated carbocycles. The van der Waals surface area contributed by atoms with Crippen LogP contribution in [0.2, 0.25) is 0 Å². The first-order valence-electron chi connectivity index (χ1n) is 8.95. The van der Waals surface area contributed by atoms with Crippen molar-refractivity contribution in [3.8, 4) is 0 Å². The van der Waals surface area contributed by atoms with Crippen LogP contribution in [0.4, 0.5) is 0 Å². The Labute approximate surface area is 160 Å². The standard InChI is InChI=1S/C20H28N4OS/c1-5-24(6-2)19(25)17-10-8-16(9-11-17)13-22-20(21-4)23-14-18-12-7-15(3)26-18/h7-12H,5-6,13-14H2,1-4H3,(H2,21,22,23). The van der Waals surface area contributed by atoms with E-state index in [4.69, 9.17) is 0 Å². The van der Waals surface area contributed by atoms with E-state index in [1.165, 1.54) is 9.75 Å². The molecule has 0 fully saturated rings. The summed E-state index contributed by atoms with van der Waals surface area (Å²) in [4.78, 5) is 21.0. The van der Waals surface area contributed by atoms with Gasteiger partial charge >= 0.3 is 0 Å². The number of rotatable bonds is 7. The molecule has 140 valence electrons. The molecule has 2 aromatic rings. The Morgan fingerprint density at radius 2 is 1.69 bits per heavy atom. The molecule has 0 aliphatic rings. The number of thiophene rings is 1. The minimum absolute atomic E-state index is 0.0817. The van der Waals surface area contributed by atoms with Crippen molar-refractivity contribution in [2.75, 3.05) is 20.1 Å². The van der Waals surface area contributed by atoms with E-state index in [9.17, 15) is 4.79 Å². The van der Waals surface area contributed by atoms with Gasteiger partial charge in [-0.3, -0.25) is 9.79 Å². The van der Waals surface area contributed by atoms with Gasteiger partial charge in [0.1, 0.15) is 0 Å². The van der Waals surface area contributed by atoms with Gasteiger partial charge in [-0.15, -0.1) is 11.3 Å². The Balaban J connectivity index is 1.86. The van der Waals surface area contributed by atoms with E-state index in [1.807, 2.05) is 43.0 Å². The van der Waals surface area contributed by atoms with Crippen LogP contribution in [0.3, 0.4) is 0 Å². The average molecular weight is 373 g/mol. The molecule has 0 spiro atoms. The first-order valence-corrected chi connectivity index (χ1v) is 9.77. The first kappa shape index (κ1) is 20.0. The molecule has 0 aliphatic heterocycles. The Hall–Kier alpha value is -2.34. The van der Waals surface area contributed by atoms with Crippen molar-refractivity contribution in [3.63, 3.8) is 0 Å². The second-order valence-corrected chi connectivity index (χ2v) is 7.34. The van der Waals surface area contributed by atoms with Crippen molar-refractivity contribution in [1.82, 2.24) is 15.5 Å². The van der Waals surface area contributed by atoms with E-state index in [-0.39, 0.29) is 5.91 Å². The zero-order valence-corrected chi connectivity index (χ0v) is 16.8. The number of nitrogens with one attached hydrogen (secondary N) is 2. The minimum atomic E-state index is 0.0817. The fraction of sp³-hybridized carbons (Fsp3) is 0.400. The molecule has 26 heavy (non-hydrogen) atoms. The highest BCUT2D eigenvalue weighted by Crippen LogP contribution is 2.14. The summed E-state index contributed by atoms with van der Waals surface area (Å²) in [6, 6.07) is 12.0. The number of amides is 1. The summed E-state index contributed by atoms with van der Waals surface area (Å²) in [6.07, 6.45) is 0. The van der Waals surface area contributed by atoms with Gasteiger partial charge in [0.05, 0.1) is 6.54 Å². The van der Waals surface area contributed by atoms with E-state index in [2.05, 4.69) is 34.7 Å². The van der Waals surface area contributed by atoms with Crippen LogP contribution in [0.25, 0.3) is 0 Å². The van der Waals surface area contributed by atoms with Crippen LogP contribution in [0.5, 0.6) is 0 Å². The van der Waals surface area contributed by atoms with Crippen molar-refractivity contribution in [2.45, 2.75) is 33.9 Å². The zero-order chi connectivity index (χ0) is 18.9. The van der Waals surface area contributed by atoms with Crippen LogP contribution in [0.1, 0.15) is 39.5 Å². The molecule has 0 atom stereocenters. The number of carbonyl (C=O) groups is 1. The van der Waals surface area contributed by atoms with Crippen LogP contribution in [-0.4, -0.2) is 36.9 Å². The number of aliphatic imine (C=N–C) groups is 1. The molecular formula is C20H28N4OS. The van der Waals surface area contributed by atoms with Crippen LogP contribution in [0.15, 0.2) is 41.4 Å². The quantitative estimate of drug-likeness (QED) is 0.578. The summed E-state index contributed by atoms with van der Waals surface area (Å²) in [5, 5.41) is 6.62. The van der Waals surface area contributed by atoms with Crippen molar-refractivity contribution >= 4 is 23.2 Å². The highest BCUT2D eigenvalue weighted by molar-refractivity contribution is 7.11. The van der Waals surface area contributed by atoms with E-state index in [0.29, 0.717) is 6.54 Å². The molecule has 2 N–H and O–H groups in total. The van der Waals surface area contributed by atoms with Crippen LogP contribution in [-0.2, 0) is 13.1 Å². The lowest BCUT2D eigenvalue weighted by Crippen LogP contribution is -2.36. The fourth-order valence-corrected chi connectivity index (χ4v) is 3.45. The van der Waals surface area contributed by atoms with Gasteiger partial charge in [0.2, 0.25) is 0 Å². The number of guanidine groups is 1. The lowest BCUT2D eigenvalue weighted by molar-refractivity contribution is 0.0773. The molecule has 0 saturated heterocycles. The van der Waals surface area contributed by atoms with Crippen LogP contribution >= 0.6 is 11.3 Å². The van der Waals surface area contributed by atoms with E-state index in [0.717, 1.165) is 36.7 Å². The SMILES string of the molecule is CCN(CC)C(=O)c1ccc(CNC(=NC)NCc2ccc(C)s2)cc1. The van der Waals surface area contributed by atoms with Gasteiger partial charge in [-0.2, -0.15) is 0 Å². The molecule has 0 unspecified atom stereocenters. The molecule has 0 radical (unpaired) electrons. The largest absolute Gasteiger partial charge is 0.352 e. The maximum absolute atomic E-state index is 12.3. The predicted molar refractivity (Wildman–Crippen MR) is 110 cm³/mol. The molecule has 0 aliphatic carbocycles. The summed E-state index contributed by atoms with van der Waals surface area (Å²) in [6.45, 7) is 8.97. The summed E-state index contributed by atoms with van der Waals surface area (Å²) in [5.74, 6) is 0.845. The van der Waals surface area contributed by atoms with Gasteiger partial charge in [-0.05, 0) is 50.6 Å². The second-order valence-electron chi connectivity index (χ2n) is 5.97. The molecule has 2 rings (SSSR count). The molecule has 1 aromatic carbocycles. The number of benzene rings is 1. The van der Waals surface area contributed by atoms with Crippen molar-refractivity contribution in [1.29, 1.82) is 0 Å². The second kappa shape index (κ2) is 9.97. The normalized spacial score (nSPS) is 11.3. The third-order valence-electron chi connectivity index (χ3n) is 4.16. The van der Waals surface area contributed by atoms with Crippen molar-refractivity contribution in [2.24, 2.45) is 4.99 Å². The lowest BCUT2D eigenvalue weighted by Gasteiger charge is -2.18. The molecule has 5 nitrogen and oxygen atoms in total. The minimum Gasteiger partial charge on any atom is -0.352 e. The monoisotopic (exact) mass is 372 g/mol. The maximum Gasteiger partial charge on any atom is 0.253 e. The molecule has 0 bridgehead atoms. The zero-order valence-electron chi connectivity index (χ0n) is 16.0. The van der Waals surface area contributed by atoms with Crippen LogP contribution in [0, 0.1) is 6.92 Å². The van der Waals surface area contributed by atoms with Gasteiger partial charge in [0.25, 0.3) is 5.91 Å². The van der Waals surface area contributed by atoms with Gasteiger partial charge in [-0.25, -0.2) is 0 Å². The molecular weight excluding hydrogens is 344 g/mol. The average Bonchev–Trinajstić information content (AvgIpc) is 3.08. The molecule has 1 amide bonds. The Bertz CT molecular complexity index is 733. The predicted octanol–water partition coefficient (Wildman–Crippen LogP) is 3.40. The Morgan fingerprint density at radius 1 is 1.04 bits per heavy atom. The highest BCUT2D eigenvalue weighted by Gasteiger charge is 2.11. The summed E-state index contributed by atoms with van der Waals surface area (Å²) in [5.41, 5.74) is 1.84. The fourth-order valence-electron chi connectivity index (χ4n) is 2.62. The topological polar surface area (TPSA) is 56.7 Å². The molecule has 1 heterocycles. The molecule has 6 heteroatoms. The number of hydrogen-bond acceptors (Lipinski definition) is 3. The highest BCUT2D eigenvalue weighted by atomic mass is 32.1. The Morgan fingerprint density at radius 3 is 2.23 bits per heavy atom. The smallest absolute Gasteiger partial charge is 0.253 e. The van der Waals surface area contributed by atoms with Crippen molar-refractivity contribution < 1.29 is 4.79 Å². The van der Waals surface area contributed by atoms with Gasteiger partial charge in [0.15, 0.2) is 5.96 Å². The van der Waals surface area contributed by atoms with Crippen LogP contribution < -0.4 is 10.6 Å². The van der Waals surface area contributed by atoms with E-state index < -0.39 is 0 Å². The third kappa shape index (κ3) is 5.59. The number of hydrogen-bond donors (Lipinski definition) is 2. The Kier molecular flexibility index (Phi) is 7.66. The van der Waals surface area contributed by atoms with E-state index >= 15 is 0 Å². The number of aryl methyl sites for hydroxylation is 1. The van der Waals surface area contributed by atoms with E-state index in [1.54, 1.807) is 18.4 Å². The summed E-state index contributed by atoms with van der Waals surface area (Å²) < 4.78 is 0. The van der Waals surface area contributed by atoms with Crippen molar-refractivity contribution in [3.05, 3.63) is 57.3 Å². The maximum atomic E-state index is 12.3. The summed E-state index contributed by atoms with van der Waals surface area (Å²) in [7, 11) is 1.76. The number of nitrogens with zero attached hydrogens (tertiary/aromatic N) is 2. The number of carbonyl (C=O) groups excluding carboxylic acids is 1. The first-order chi connectivity index (χ1) is 12.6.